The van der Waals surface area contributed by atoms with Crippen LogP contribution in [0.5, 0.6) is 0 Å². The number of pyridine rings is 1. The molecule has 7 nitrogen and oxygen atoms in total. The Bertz CT molecular complexity index is 1300. The Balaban J connectivity index is 1.30. The van der Waals surface area contributed by atoms with Gasteiger partial charge in [0.15, 0.2) is 0 Å². The monoisotopic (exact) mass is 584 g/mol. The first-order valence-corrected chi connectivity index (χ1v) is 15.0. The maximum absolute atomic E-state index is 14.3. The minimum Gasteiger partial charge on any atom is -0.299 e. The molecule has 2 saturated heterocycles. The summed E-state index contributed by atoms with van der Waals surface area (Å²) in [5.41, 5.74) is 5.47. The molecule has 41 heavy (non-hydrogen) atoms. The molecule has 2 aromatic heterocycles. The summed E-state index contributed by atoms with van der Waals surface area (Å²) in [6.07, 6.45) is 2.97. The van der Waals surface area contributed by atoms with Crippen molar-refractivity contribution in [3.8, 4) is 0 Å². The summed E-state index contributed by atoms with van der Waals surface area (Å²) < 4.78 is 73.4. The van der Waals surface area contributed by atoms with Crippen LogP contribution in [0.1, 0.15) is 75.5 Å². The number of nitrogens with one attached hydrogen (secondary N) is 2. The Kier molecular flexibility index (Phi) is 7.74. The average molecular weight is 585 g/mol. The van der Waals surface area contributed by atoms with Gasteiger partial charge in [0, 0.05) is 44.4 Å². The lowest BCUT2D eigenvalue weighted by molar-refractivity contribution is -0.144. The smallest absolute Gasteiger partial charge is 0.299 e. The number of halogens is 5. The number of aromatic nitrogens is 2. The predicted octanol–water partition coefficient (Wildman–Crippen LogP) is 5.07. The molecule has 12 heteroatoms. The highest BCUT2D eigenvalue weighted by molar-refractivity contribution is 5.56. The molecule has 0 spiro atoms. The zero-order valence-electron chi connectivity index (χ0n) is 23.8. The van der Waals surface area contributed by atoms with Crippen LogP contribution in [0.2, 0.25) is 0 Å². The van der Waals surface area contributed by atoms with E-state index in [1.165, 1.54) is 21.2 Å². The van der Waals surface area contributed by atoms with Crippen LogP contribution < -0.4 is 16.5 Å². The van der Waals surface area contributed by atoms with E-state index in [1.54, 1.807) is 6.20 Å². The molecule has 0 aromatic carbocycles. The lowest BCUT2D eigenvalue weighted by atomic mass is 9.63. The Morgan fingerprint density at radius 1 is 1.10 bits per heavy atom. The van der Waals surface area contributed by atoms with Gasteiger partial charge >= 0.3 is 11.9 Å². The molecule has 6 rings (SSSR count). The number of fused-ring (bicyclic) bond motifs is 1. The molecular formula is C29H41F5N6O. The van der Waals surface area contributed by atoms with Gasteiger partial charge in [0.2, 0.25) is 5.92 Å². The van der Waals surface area contributed by atoms with Crippen LogP contribution in [0.25, 0.3) is 5.52 Å². The zero-order valence-corrected chi connectivity index (χ0v) is 23.8. The van der Waals surface area contributed by atoms with Gasteiger partial charge in [-0.05, 0) is 81.0 Å². The van der Waals surface area contributed by atoms with Crippen LogP contribution in [-0.4, -0.2) is 57.7 Å². The zero-order chi connectivity index (χ0) is 29.1. The van der Waals surface area contributed by atoms with Crippen molar-refractivity contribution < 1.29 is 22.0 Å². The summed E-state index contributed by atoms with van der Waals surface area (Å²) in [6, 6.07) is 0.917. The molecule has 2 N–H and O–H groups in total. The number of rotatable bonds is 6. The van der Waals surface area contributed by atoms with Gasteiger partial charge in [-0.25, -0.2) is 24.4 Å². The van der Waals surface area contributed by atoms with E-state index in [0.29, 0.717) is 37.5 Å². The minimum atomic E-state index is -4.60. The molecule has 0 amide bonds. The molecule has 5 atom stereocenters. The second-order valence-corrected chi connectivity index (χ2v) is 13.2. The molecule has 2 aliphatic heterocycles. The third-order valence-electron chi connectivity index (χ3n) is 10.0. The van der Waals surface area contributed by atoms with Gasteiger partial charge in [-0.2, -0.15) is 13.2 Å². The van der Waals surface area contributed by atoms with Gasteiger partial charge in [-0.15, -0.1) is 0 Å². The van der Waals surface area contributed by atoms with Crippen LogP contribution in [0, 0.1) is 23.7 Å². The number of hydrogen-bond donors (Lipinski definition) is 2. The first-order valence-electron chi connectivity index (χ1n) is 15.0. The number of likely N-dealkylation sites (tertiary alicyclic amines) is 1. The fourth-order valence-electron chi connectivity index (χ4n) is 8.08. The Labute approximate surface area is 237 Å². The van der Waals surface area contributed by atoms with Gasteiger partial charge in [0.25, 0.3) is 0 Å². The highest BCUT2D eigenvalue weighted by Gasteiger charge is 2.53. The van der Waals surface area contributed by atoms with E-state index in [0.717, 1.165) is 38.8 Å². The standard InChI is InChI=1S/C29H41F5N6O/c1-18-5-4-8-38(13-18)14-19-9-23(29(32,33)34)24-16-39(27(41)40(24)15-19)22-7-3-6-20(10-22)25(21-11-28(30,31)12-21)26-36-35-17-37(26)2/h9,15-16,18,20-22,25-26,35-36H,3-8,10-14,17H2,1-2H3/t18-,20?,22?,25+,26?/m0/s1. The molecule has 2 aliphatic carbocycles. The quantitative estimate of drug-likeness (QED) is 0.465. The van der Waals surface area contributed by atoms with Crippen molar-refractivity contribution in [2.75, 3.05) is 26.8 Å². The van der Waals surface area contributed by atoms with Crippen LogP contribution in [0.4, 0.5) is 22.0 Å². The molecule has 228 valence electrons. The summed E-state index contributed by atoms with van der Waals surface area (Å²) >= 11 is 0. The van der Waals surface area contributed by atoms with Crippen molar-refractivity contribution >= 4 is 5.52 Å². The van der Waals surface area contributed by atoms with Gasteiger partial charge < -0.3 is 0 Å². The van der Waals surface area contributed by atoms with E-state index in [4.69, 9.17) is 0 Å². The number of alkyl halides is 5. The largest absolute Gasteiger partial charge is 0.418 e. The Morgan fingerprint density at radius 2 is 1.88 bits per heavy atom. The van der Waals surface area contributed by atoms with Crippen molar-refractivity contribution in [1.29, 1.82) is 0 Å². The topological polar surface area (TPSA) is 57.0 Å². The van der Waals surface area contributed by atoms with E-state index >= 15 is 0 Å². The Morgan fingerprint density at radius 3 is 2.54 bits per heavy atom. The van der Waals surface area contributed by atoms with Crippen LogP contribution in [0.3, 0.4) is 0 Å². The average Bonchev–Trinajstić information content (AvgIpc) is 3.45. The van der Waals surface area contributed by atoms with Crippen molar-refractivity contribution in [1.82, 2.24) is 29.6 Å². The predicted molar refractivity (Wildman–Crippen MR) is 145 cm³/mol. The molecule has 3 unspecified atom stereocenters. The highest BCUT2D eigenvalue weighted by Crippen LogP contribution is 2.52. The SMILES string of the molecule is C[C@H]1CCCN(Cc2cc(C(F)(F)F)c3cn(C4CCCC([C@H](C5CC(F)(F)C5)C5NNCN5C)C4)c(=O)n3c2)C1. The maximum atomic E-state index is 14.3. The lowest BCUT2D eigenvalue weighted by Gasteiger charge is -2.48. The van der Waals surface area contributed by atoms with Crippen LogP contribution in [0.15, 0.2) is 23.3 Å². The first kappa shape index (κ1) is 29.1. The maximum Gasteiger partial charge on any atom is 0.418 e. The van der Waals surface area contributed by atoms with E-state index in [9.17, 15) is 26.7 Å². The summed E-state index contributed by atoms with van der Waals surface area (Å²) in [5.74, 6) is -2.27. The number of nitrogens with zero attached hydrogens (tertiary/aromatic N) is 4. The van der Waals surface area contributed by atoms with Crippen molar-refractivity contribution in [2.24, 2.45) is 23.7 Å². The van der Waals surface area contributed by atoms with E-state index < -0.39 is 23.4 Å². The van der Waals surface area contributed by atoms with Crippen molar-refractivity contribution in [3.63, 3.8) is 0 Å². The van der Waals surface area contributed by atoms with Crippen LogP contribution in [-0.2, 0) is 12.7 Å². The van der Waals surface area contributed by atoms with E-state index in [-0.39, 0.29) is 48.3 Å². The molecule has 4 aliphatic rings. The second-order valence-electron chi connectivity index (χ2n) is 13.2. The first-order chi connectivity index (χ1) is 19.4. The third kappa shape index (κ3) is 5.81. The van der Waals surface area contributed by atoms with Crippen LogP contribution >= 0.6 is 0 Å². The van der Waals surface area contributed by atoms with E-state index in [1.807, 2.05) is 7.05 Å². The van der Waals surface area contributed by atoms with Gasteiger partial charge in [-0.1, -0.05) is 13.3 Å². The fraction of sp³-hybridized carbons (Fsp3) is 0.759. The molecular weight excluding hydrogens is 543 g/mol. The normalized spacial score (nSPS) is 31.0. The summed E-state index contributed by atoms with van der Waals surface area (Å²) in [5, 5.41) is 0. The number of piperidine rings is 1. The number of hydrazine groups is 1. The molecule has 4 heterocycles. The van der Waals surface area contributed by atoms with E-state index in [2.05, 4.69) is 27.6 Å². The Hall–Kier alpha value is -2.02. The van der Waals surface area contributed by atoms with Gasteiger partial charge in [0.05, 0.1) is 23.9 Å². The molecule has 2 saturated carbocycles. The van der Waals surface area contributed by atoms with Gasteiger partial charge in [-0.3, -0.25) is 18.8 Å². The minimum absolute atomic E-state index is 0.0468. The molecule has 4 fully saturated rings. The summed E-state index contributed by atoms with van der Waals surface area (Å²) in [7, 11) is 1.95. The molecule has 0 radical (unpaired) electrons. The third-order valence-corrected chi connectivity index (χ3v) is 10.0. The lowest BCUT2D eigenvalue weighted by Crippen LogP contribution is -2.53. The molecule has 2 aromatic rings. The van der Waals surface area contributed by atoms with Crippen molar-refractivity contribution in [2.45, 2.75) is 89.1 Å². The summed E-state index contributed by atoms with van der Waals surface area (Å²) in [4.78, 5) is 17.9. The van der Waals surface area contributed by atoms with Gasteiger partial charge in [0.1, 0.15) is 0 Å². The highest BCUT2D eigenvalue weighted by atomic mass is 19.4. The number of imidazole rings is 1. The summed E-state index contributed by atoms with van der Waals surface area (Å²) in [6.45, 7) is 4.78. The van der Waals surface area contributed by atoms with Crippen molar-refractivity contribution in [3.05, 3.63) is 40.1 Å². The second kappa shape index (κ2) is 10.9. The molecule has 0 bridgehead atoms. The fourth-order valence-corrected chi connectivity index (χ4v) is 8.08. The number of hydrogen-bond acceptors (Lipinski definition) is 5.